The molecule has 3 heterocycles. The summed E-state index contributed by atoms with van der Waals surface area (Å²) in [5.41, 5.74) is 1.80. The molecule has 0 bridgehead atoms. The summed E-state index contributed by atoms with van der Waals surface area (Å²) < 4.78 is 28.6. The fourth-order valence-corrected chi connectivity index (χ4v) is 4.35. The molecule has 0 aliphatic rings. The second-order valence-corrected chi connectivity index (χ2v) is 8.43. The number of rotatable bonds is 5. The summed E-state index contributed by atoms with van der Waals surface area (Å²) in [5.74, 6) is 0.231. The molecule has 3 aromatic heterocycles. The van der Waals surface area contributed by atoms with Crippen molar-refractivity contribution in [1.29, 1.82) is 0 Å². The van der Waals surface area contributed by atoms with E-state index in [9.17, 15) is 13.2 Å². The summed E-state index contributed by atoms with van der Waals surface area (Å²) in [5, 5.41) is 2.79. The van der Waals surface area contributed by atoms with Crippen LogP contribution in [0.2, 0.25) is 0 Å². The summed E-state index contributed by atoms with van der Waals surface area (Å²) in [6.07, 6.45) is 8.08. The zero-order chi connectivity index (χ0) is 20.6. The normalized spacial score (nSPS) is 11.7. The number of hydrogen-bond acceptors (Lipinski definition) is 6. The molecule has 148 valence electrons. The highest BCUT2D eigenvalue weighted by atomic mass is 32.2. The van der Waals surface area contributed by atoms with Gasteiger partial charge in [-0.25, -0.2) is 23.4 Å². The SMILES string of the molecule is Cc1cn(C)c(S(=O)(=O)c2ccc(CNC(=O)c3cnc4nccn4c3)cc2)n1. The van der Waals surface area contributed by atoms with E-state index in [1.807, 2.05) is 0 Å². The molecule has 4 rings (SSSR count). The van der Waals surface area contributed by atoms with E-state index in [0.29, 0.717) is 17.0 Å². The van der Waals surface area contributed by atoms with Gasteiger partial charge in [0.15, 0.2) is 0 Å². The van der Waals surface area contributed by atoms with Crippen LogP contribution in [-0.2, 0) is 23.4 Å². The van der Waals surface area contributed by atoms with Crippen LogP contribution < -0.4 is 5.32 Å². The van der Waals surface area contributed by atoms with Gasteiger partial charge in [0, 0.05) is 44.6 Å². The van der Waals surface area contributed by atoms with Crippen molar-refractivity contribution >= 4 is 21.5 Å². The van der Waals surface area contributed by atoms with Crippen LogP contribution >= 0.6 is 0 Å². The zero-order valence-corrected chi connectivity index (χ0v) is 16.6. The van der Waals surface area contributed by atoms with E-state index in [1.54, 1.807) is 55.3 Å². The Hall–Kier alpha value is -3.53. The van der Waals surface area contributed by atoms with Gasteiger partial charge < -0.3 is 9.88 Å². The largest absolute Gasteiger partial charge is 0.348 e. The van der Waals surface area contributed by atoms with Crippen LogP contribution in [0.25, 0.3) is 5.78 Å². The first-order valence-corrected chi connectivity index (χ1v) is 10.2. The number of fused-ring (bicyclic) bond motifs is 1. The van der Waals surface area contributed by atoms with Crippen molar-refractivity contribution in [2.75, 3.05) is 0 Å². The molecule has 0 atom stereocenters. The molecule has 0 radical (unpaired) electrons. The monoisotopic (exact) mass is 410 g/mol. The summed E-state index contributed by atoms with van der Waals surface area (Å²) in [6.45, 7) is 1.99. The lowest BCUT2D eigenvalue weighted by molar-refractivity contribution is 0.0950. The Labute approximate surface area is 167 Å². The Morgan fingerprint density at radius 1 is 1.14 bits per heavy atom. The molecule has 1 N–H and O–H groups in total. The van der Waals surface area contributed by atoms with E-state index < -0.39 is 9.84 Å². The molecular formula is C19H18N6O3S. The minimum Gasteiger partial charge on any atom is -0.348 e. The Balaban J connectivity index is 1.46. The zero-order valence-electron chi connectivity index (χ0n) is 15.8. The maximum atomic E-state index is 12.7. The molecule has 0 unspecified atom stereocenters. The lowest BCUT2D eigenvalue weighted by Crippen LogP contribution is -2.23. The summed E-state index contributed by atoms with van der Waals surface area (Å²) in [7, 11) is -2.06. The van der Waals surface area contributed by atoms with Gasteiger partial charge in [0.05, 0.1) is 16.2 Å². The number of nitrogens with one attached hydrogen (secondary N) is 1. The van der Waals surface area contributed by atoms with E-state index in [-0.39, 0.29) is 22.5 Å². The van der Waals surface area contributed by atoms with Crippen molar-refractivity contribution < 1.29 is 13.2 Å². The van der Waals surface area contributed by atoms with Crippen molar-refractivity contribution in [3.05, 3.63) is 72.1 Å². The molecule has 0 spiro atoms. The van der Waals surface area contributed by atoms with E-state index in [0.717, 1.165) is 5.56 Å². The molecule has 1 aromatic carbocycles. The highest BCUT2D eigenvalue weighted by molar-refractivity contribution is 7.91. The van der Waals surface area contributed by atoms with Crippen LogP contribution in [0.3, 0.4) is 0 Å². The molecule has 4 aromatic rings. The smallest absolute Gasteiger partial charge is 0.254 e. The van der Waals surface area contributed by atoms with E-state index in [4.69, 9.17) is 0 Å². The van der Waals surface area contributed by atoms with Crippen LogP contribution in [0, 0.1) is 6.92 Å². The number of hydrogen-bond donors (Lipinski definition) is 1. The first-order chi connectivity index (χ1) is 13.8. The predicted molar refractivity (Wildman–Crippen MR) is 104 cm³/mol. The first kappa shape index (κ1) is 18.8. The number of aryl methyl sites for hydroxylation is 2. The number of carbonyl (C=O) groups excluding carboxylic acids is 1. The average molecular weight is 410 g/mol. The Morgan fingerprint density at radius 2 is 1.90 bits per heavy atom. The van der Waals surface area contributed by atoms with Gasteiger partial charge in [-0.05, 0) is 24.6 Å². The van der Waals surface area contributed by atoms with Crippen molar-refractivity contribution in [3.8, 4) is 0 Å². The first-order valence-electron chi connectivity index (χ1n) is 8.75. The molecule has 0 aliphatic carbocycles. The molecule has 9 nitrogen and oxygen atoms in total. The van der Waals surface area contributed by atoms with Gasteiger partial charge in [0.2, 0.25) is 20.8 Å². The highest BCUT2D eigenvalue weighted by Gasteiger charge is 2.23. The average Bonchev–Trinajstić information content (AvgIpc) is 3.31. The molecule has 0 saturated carbocycles. The van der Waals surface area contributed by atoms with Crippen molar-refractivity contribution in [3.63, 3.8) is 0 Å². The van der Waals surface area contributed by atoms with E-state index in [1.165, 1.54) is 22.9 Å². The van der Waals surface area contributed by atoms with Crippen LogP contribution in [0.15, 0.2) is 65.3 Å². The van der Waals surface area contributed by atoms with Gasteiger partial charge in [-0.15, -0.1) is 0 Å². The van der Waals surface area contributed by atoms with Crippen LogP contribution in [0.4, 0.5) is 0 Å². The van der Waals surface area contributed by atoms with Crippen LogP contribution in [0.1, 0.15) is 21.6 Å². The number of aromatic nitrogens is 5. The number of imidazole rings is 2. The van der Waals surface area contributed by atoms with Gasteiger partial charge in [-0.3, -0.25) is 9.20 Å². The summed E-state index contributed by atoms with van der Waals surface area (Å²) in [4.78, 5) is 24.7. The number of sulfone groups is 1. The van der Waals surface area contributed by atoms with Gasteiger partial charge in [0.25, 0.3) is 5.91 Å². The molecule has 1 amide bonds. The second-order valence-electron chi connectivity index (χ2n) is 6.58. The number of nitrogens with zero attached hydrogens (tertiary/aromatic N) is 5. The predicted octanol–water partition coefficient (Wildman–Crippen LogP) is 1.53. The summed E-state index contributed by atoms with van der Waals surface area (Å²) >= 11 is 0. The topological polar surface area (TPSA) is 111 Å². The minimum atomic E-state index is -3.71. The standard InChI is InChI=1S/C19H18N6O3S/c1-13-11-24(2)19(23-13)29(27,28)16-5-3-14(4-6-16)9-21-17(26)15-10-22-18-20-7-8-25(18)12-15/h3-8,10-12H,9H2,1-2H3,(H,21,26). The van der Waals surface area contributed by atoms with Crippen molar-refractivity contribution in [1.82, 2.24) is 29.2 Å². The maximum Gasteiger partial charge on any atom is 0.254 e. The molecule has 0 aliphatic heterocycles. The van der Waals surface area contributed by atoms with E-state index >= 15 is 0 Å². The molecule has 10 heteroatoms. The van der Waals surface area contributed by atoms with Gasteiger partial charge in [-0.1, -0.05) is 12.1 Å². The third-order valence-electron chi connectivity index (χ3n) is 4.39. The van der Waals surface area contributed by atoms with Crippen molar-refractivity contribution in [2.45, 2.75) is 23.5 Å². The fourth-order valence-electron chi connectivity index (χ4n) is 2.95. The second kappa shape index (κ2) is 7.13. The number of carbonyl (C=O) groups is 1. The molecule has 0 saturated heterocycles. The van der Waals surface area contributed by atoms with Gasteiger partial charge in [-0.2, -0.15) is 0 Å². The molecule has 29 heavy (non-hydrogen) atoms. The summed E-state index contributed by atoms with van der Waals surface area (Å²) in [6, 6.07) is 6.36. The van der Waals surface area contributed by atoms with Crippen LogP contribution in [0.5, 0.6) is 0 Å². The highest BCUT2D eigenvalue weighted by Crippen LogP contribution is 2.20. The number of amides is 1. The Kier molecular flexibility index (Phi) is 4.63. The quantitative estimate of drug-likeness (QED) is 0.534. The Bertz CT molecular complexity index is 1310. The third kappa shape index (κ3) is 3.61. The van der Waals surface area contributed by atoms with Gasteiger partial charge >= 0.3 is 0 Å². The maximum absolute atomic E-state index is 12.7. The lowest BCUT2D eigenvalue weighted by atomic mass is 10.2. The van der Waals surface area contributed by atoms with Crippen LogP contribution in [-0.4, -0.2) is 38.2 Å². The lowest BCUT2D eigenvalue weighted by Gasteiger charge is -2.08. The molecule has 0 fully saturated rings. The van der Waals surface area contributed by atoms with Crippen molar-refractivity contribution in [2.24, 2.45) is 7.05 Å². The van der Waals surface area contributed by atoms with E-state index in [2.05, 4.69) is 20.3 Å². The minimum absolute atomic E-state index is 0.00144. The third-order valence-corrected chi connectivity index (χ3v) is 6.14. The fraction of sp³-hybridized carbons (Fsp3) is 0.158. The Morgan fingerprint density at radius 3 is 2.59 bits per heavy atom. The van der Waals surface area contributed by atoms with Gasteiger partial charge in [0.1, 0.15) is 0 Å². The molecular weight excluding hydrogens is 392 g/mol. The number of benzene rings is 1.